The monoisotopic (exact) mass is 247 g/mol. The smallest absolute Gasteiger partial charge is 0.0600 e. The molecule has 0 bridgehead atoms. The highest BCUT2D eigenvalue weighted by atomic mass is 15.3. The molecular formula is C15H25N3. The highest BCUT2D eigenvalue weighted by molar-refractivity contribution is 5.67. The number of piperazine rings is 1. The van der Waals surface area contributed by atoms with E-state index in [1.165, 1.54) is 31.5 Å². The maximum Gasteiger partial charge on any atom is 0.0600 e. The Morgan fingerprint density at radius 2 is 1.78 bits per heavy atom. The number of hydrogen-bond acceptors (Lipinski definition) is 3. The molecule has 0 unspecified atom stereocenters. The van der Waals surface area contributed by atoms with E-state index in [0.717, 1.165) is 31.9 Å². The van der Waals surface area contributed by atoms with E-state index in [0.29, 0.717) is 0 Å². The molecule has 2 N–H and O–H groups in total. The van der Waals surface area contributed by atoms with Crippen molar-refractivity contribution in [2.24, 2.45) is 0 Å². The maximum absolute atomic E-state index is 6.03. The molecule has 1 aromatic rings. The molecule has 1 heterocycles. The van der Waals surface area contributed by atoms with Crippen molar-refractivity contribution in [3.05, 3.63) is 24.3 Å². The van der Waals surface area contributed by atoms with Gasteiger partial charge in [0.15, 0.2) is 0 Å². The minimum absolute atomic E-state index is 0.900. The number of benzene rings is 1. The van der Waals surface area contributed by atoms with Gasteiger partial charge in [-0.3, -0.25) is 4.90 Å². The largest absolute Gasteiger partial charge is 0.397 e. The van der Waals surface area contributed by atoms with Crippen LogP contribution in [0, 0.1) is 0 Å². The molecule has 0 aromatic heterocycles. The van der Waals surface area contributed by atoms with E-state index in [-0.39, 0.29) is 0 Å². The van der Waals surface area contributed by atoms with E-state index < -0.39 is 0 Å². The Bertz CT molecular complexity index is 357. The van der Waals surface area contributed by atoms with Gasteiger partial charge in [-0.25, -0.2) is 0 Å². The first-order valence-corrected chi connectivity index (χ1v) is 7.13. The predicted octanol–water partition coefficient (Wildman–Crippen LogP) is 2.58. The van der Waals surface area contributed by atoms with Crippen molar-refractivity contribution in [2.45, 2.75) is 26.2 Å². The lowest BCUT2D eigenvalue weighted by Gasteiger charge is -2.36. The minimum atomic E-state index is 0.900. The lowest BCUT2D eigenvalue weighted by molar-refractivity contribution is 0.253. The van der Waals surface area contributed by atoms with Crippen molar-refractivity contribution in [1.29, 1.82) is 0 Å². The Hall–Kier alpha value is -1.22. The highest BCUT2D eigenvalue weighted by Crippen LogP contribution is 2.23. The fraction of sp³-hybridized carbons (Fsp3) is 0.600. The van der Waals surface area contributed by atoms with Crippen LogP contribution in [0.3, 0.4) is 0 Å². The van der Waals surface area contributed by atoms with E-state index in [2.05, 4.69) is 28.9 Å². The Kier molecular flexibility index (Phi) is 4.88. The van der Waals surface area contributed by atoms with E-state index in [9.17, 15) is 0 Å². The summed E-state index contributed by atoms with van der Waals surface area (Å²) in [6, 6.07) is 8.18. The van der Waals surface area contributed by atoms with Crippen LogP contribution < -0.4 is 10.6 Å². The minimum Gasteiger partial charge on any atom is -0.397 e. The summed E-state index contributed by atoms with van der Waals surface area (Å²) in [7, 11) is 0. The molecule has 3 heteroatoms. The van der Waals surface area contributed by atoms with Gasteiger partial charge in [0, 0.05) is 26.2 Å². The van der Waals surface area contributed by atoms with Crippen LogP contribution in [-0.2, 0) is 0 Å². The second kappa shape index (κ2) is 6.64. The Balaban J connectivity index is 1.81. The fourth-order valence-electron chi connectivity index (χ4n) is 2.57. The first-order valence-electron chi connectivity index (χ1n) is 7.13. The Morgan fingerprint density at radius 1 is 1.06 bits per heavy atom. The number of nitrogen functional groups attached to an aromatic ring is 1. The van der Waals surface area contributed by atoms with Crippen LogP contribution in [-0.4, -0.2) is 37.6 Å². The normalized spacial score (nSPS) is 17.1. The predicted molar refractivity (Wildman–Crippen MR) is 79.0 cm³/mol. The number of nitrogens with two attached hydrogens (primary N) is 1. The zero-order valence-corrected chi connectivity index (χ0v) is 11.4. The average Bonchev–Trinajstić information content (AvgIpc) is 2.41. The van der Waals surface area contributed by atoms with Crippen LogP contribution in [0.1, 0.15) is 26.2 Å². The third-order valence-corrected chi connectivity index (χ3v) is 3.73. The van der Waals surface area contributed by atoms with Crippen LogP contribution in [0.5, 0.6) is 0 Å². The Morgan fingerprint density at radius 3 is 2.44 bits per heavy atom. The van der Waals surface area contributed by atoms with Gasteiger partial charge in [0.1, 0.15) is 0 Å². The number of hydrogen-bond donors (Lipinski definition) is 1. The van der Waals surface area contributed by atoms with Crippen molar-refractivity contribution in [3.8, 4) is 0 Å². The molecule has 0 saturated carbocycles. The molecule has 1 aromatic carbocycles. The van der Waals surface area contributed by atoms with Crippen LogP contribution in [0.4, 0.5) is 11.4 Å². The van der Waals surface area contributed by atoms with Gasteiger partial charge < -0.3 is 10.6 Å². The zero-order chi connectivity index (χ0) is 12.8. The Labute approximate surface area is 111 Å². The molecule has 3 nitrogen and oxygen atoms in total. The van der Waals surface area contributed by atoms with Gasteiger partial charge in [-0.1, -0.05) is 31.9 Å². The van der Waals surface area contributed by atoms with Crippen LogP contribution in [0.25, 0.3) is 0 Å². The molecule has 2 rings (SSSR count). The molecule has 18 heavy (non-hydrogen) atoms. The first-order chi connectivity index (χ1) is 8.81. The van der Waals surface area contributed by atoms with Crippen molar-refractivity contribution in [2.75, 3.05) is 43.4 Å². The third-order valence-electron chi connectivity index (χ3n) is 3.73. The lowest BCUT2D eigenvalue weighted by Crippen LogP contribution is -2.46. The fourth-order valence-corrected chi connectivity index (χ4v) is 2.57. The summed E-state index contributed by atoms with van der Waals surface area (Å²) in [4.78, 5) is 4.98. The second-order valence-electron chi connectivity index (χ2n) is 5.09. The molecule has 1 fully saturated rings. The van der Waals surface area contributed by atoms with Gasteiger partial charge in [-0.2, -0.15) is 0 Å². The number of rotatable bonds is 5. The summed E-state index contributed by atoms with van der Waals surface area (Å²) in [6.07, 6.45) is 4.00. The molecule has 100 valence electrons. The molecule has 0 amide bonds. The van der Waals surface area contributed by atoms with Crippen LogP contribution in [0.15, 0.2) is 24.3 Å². The summed E-state index contributed by atoms with van der Waals surface area (Å²) < 4.78 is 0. The van der Waals surface area contributed by atoms with Gasteiger partial charge in [-0.05, 0) is 25.1 Å². The van der Waals surface area contributed by atoms with E-state index in [4.69, 9.17) is 5.73 Å². The van der Waals surface area contributed by atoms with Crippen molar-refractivity contribution >= 4 is 11.4 Å². The topological polar surface area (TPSA) is 32.5 Å². The quantitative estimate of drug-likeness (QED) is 0.641. The summed E-state index contributed by atoms with van der Waals surface area (Å²) in [5.74, 6) is 0. The van der Waals surface area contributed by atoms with Crippen molar-refractivity contribution < 1.29 is 0 Å². The van der Waals surface area contributed by atoms with Gasteiger partial charge in [0.05, 0.1) is 11.4 Å². The molecule has 0 radical (unpaired) electrons. The number of nitrogens with zero attached hydrogens (tertiary/aromatic N) is 2. The standard InChI is InChI=1S/C15H25N3/c1-2-3-6-9-17-10-12-18(13-11-17)15-8-5-4-7-14(15)16/h4-5,7-8H,2-3,6,9-13,16H2,1H3. The van der Waals surface area contributed by atoms with Gasteiger partial charge in [0.2, 0.25) is 0 Å². The van der Waals surface area contributed by atoms with Crippen LogP contribution >= 0.6 is 0 Å². The average molecular weight is 247 g/mol. The van der Waals surface area contributed by atoms with Crippen molar-refractivity contribution in [1.82, 2.24) is 4.90 Å². The molecular weight excluding hydrogens is 222 g/mol. The highest BCUT2D eigenvalue weighted by Gasteiger charge is 2.17. The summed E-state index contributed by atoms with van der Waals surface area (Å²) >= 11 is 0. The number of para-hydroxylation sites is 2. The summed E-state index contributed by atoms with van der Waals surface area (Å²) in [6.45, 7) is 8.04. The zero-order valence-electron chi connectivity index (χ0n) is 11.4. The molecule has 1 aliphatic heterocycles. The van der Waals surface area contributed by atoms with E-state index in [1.807, 2.05) is 12.1 Å². The molecule has 0 aliphatic carbocycles. The first kappa shape index (κ1) is 13.2. The maximum atomic E-state index is 6.03. The molecule has 0 spiro atoms. The number of unbranched alkanes of at least 4 members (excludes halogenated alkanes) is 2. The van der Waals surface area contributed by atoms with E-state index in [1.54, 1.807) is 0 Å². The SMILES string of the molecule is CCCCCN1CCN(c2ccccc2N)CC1. The molecule has 1 aliphatic rings. The van der Waals surface area contributed by atoms with E-state index >= 15 is 0 Å². The lowest BCUT2D eigenvalue weighted by atomic mass is 10.2. The van der Waals surface area contributed by atoms with Gasteiger partial charge in [0.25, 0.3) is 0 Å². The van der Waals surface area contributed by atoms with Crippen molar-refractivity contribution in [3.63, 3.8) is 0 Å². The molecule has 1 saturated heterocycles. The summed E-state index contributed by atoms with van der Waals surface area (Å²) in [5.41, 5.74) is 8.13. The molecule has 0 atom stereocenters. The van der Waals surface area contributed by atoms with Gasteiger partial charge >= 0.3 is 0 Å². The van der Waals surface area contributed by atoms with Crippen LogP contribution in [0.2, 0.25) is 0 Å². The second-order valence-corrected chi connectivity index (χ2v) is 5.09. The van der Waals surface area contributed by atoms with Gasteiger partial charge in [-0.15, -0.1) is 0 Å². The summed E-state index contributed by atoms with van der Waals surface area (Å²) in [5, 5.41) is 0. The third kappa shape index (κ3) is 3.39. The number of anilines is 2.